The molecule has 1 nitrogen and oxygen atoms in total. The van der Waals surface area contributed by atoms with Crippen molar-refractivity contribution >= 4 is 33.3 Å². The van der Waals surface area contributed by atoms with E-state index in [-0.39, 0.29) is 11.2 Å². The van der Waals surface area contributed by atoms with E-state index in [1.807, 2.05) is 6.07 Å². The van der Waals surface area contributed by atoms with E-state index in [4.69, 9.17) is 11.6 Å². The minimum atomic E-state index is 0.129. The molecule has 18 heavy (non-hydrogen) atoms. The van der Waals surface area contributed by atoms with Crippen molar-refractivity contribution in [3.8, 4) is 0 Å². The highest BCUT2D eigenvalue weighted by Gasteiger charge is 2.19. The Morgan fingerprint density at radius 3 is 2.50 bits per heavy atom. The van der Waals surface area contributed by atoms with Gasteiger partial charge in [0, 0.05) is 16.5 Å². The van der Waals surface area contributed by atoms with Crippen LogP contribution < -0.4 is 0 Å². The van der Waals surface area contributed by atoms with Gasteiger partial charge in [0.1, 0.15) is 0 Å². The maximum atomic E-state index is 12.2. The number of carbonyl (C=O) groups excluding carboxylic acids is 1. The zero-order chi connectivity index (χ0) is 13.9. The second-order valence-electron chi connectivity index (χ2n) is 6.12. The molecule has 0 radical (unpaired) electrons. The fourth-order valence-corrected chi connectivity index (χ4v) is 3.04. The zero-order valence-electron chi connectivity index (χ0n) is 11.4. The minimum Gasteiger partial charge on any atom is -0.294 e. The van der Waals surface area contributed by atoms with Crippen LogP contribution in [0.4, 0.5) is 0 Å². The van der Waals surface area contributed by atoms with Crippen LogP contribution in [-0.4, -0.2) is 5.78 Å². The van der Waals surface area contributed by atoms with Crippen LogP contribution in [0.3, 0.4) is 0 Å². The smallest absolute Gasteiger partial charge is 0.164 e. The fraction of sp³-hybridized carbons (Fsp3) is 0.533. The lowest BCUT2D eigenvalue weighted by atomic mass is 9.83. The van der Waals surface area contributed by atoms with Gasteiger partial charge in [-0.1, -0.05) is 55.2 Å². The van der Waals surface area contributed by atoms with Gasteiger partial charge in [-0.25, -0.2) is 0 Å². The second kappa shape index (κ2) is 6.21. The lowest BCUT2D eigenvalue weighted by molar-refractivity contribution is 0.0954. The number of hydrogen-bond acceptors (Lipinski definition) is 1. The third-order valence-electron chi connectivity index (χ3n) is 2.73. The molecule has 1 atom stereocenters. The molecule has 0 aliphatic carbocycles. The van der Waals surface area contributed by atoms with Crippen LogP contribution in [0.25, 0.3) is 0 Å². The summed E-state index contributed by atoms with van der Waals surface area (Å²) in [4.78, 5) is 12.2. The molecule has 0 heterocycles. The first-order chi connectivity index (χ1) is 8.19. The summed E-state index contributed by atoms with van der Waals surface area (Å²) in [5, 5.41) is 0.525. The van der Waals surface area contributed by atoms with Crippen LogP contribution in [0.2, 0.25) is 5.02 Å². The number of hydrogen-bond donors (Lipinski definition) is 0. The van der Waals surface area contributed by atoms with Crippen molar-refractivity contribution in [1.29, 1.82) is 0 Å². The molecular formula is C15H20BrClO. The van der Waals surface area contributed by atoms with Crippen molar-refractivity contribution < 1.29 is 4.79 Å². The van der Waals surface area contributed by atoms with Crippen molar-refractivity contribution in [1.82, 2.24) is 0 Å². The van der Waals surface area contributed by atoms with Gasteiger partial charge in [-0.05, 0) is 36.0 Å². The largest absolute Gasteiger partial charge is 0.294 e. The van der Waals surface area contributed by atoms with Gasteiger partial charge < -0.3 is 0 Å². The lowest BCUT2D eigenvalue weighted by Gasteiger charge is -2.22. The Hall–Kier alpha value is -0.340. The number of ketones is 1. The lowest BCUT2D eigenvalue weighted by Crippen LogP contribution is -2.14. The molecule has 0 aliphatic heterocycles. The van der Waals surface area contributed by atoms with Crippen LogP contribution in [-0.2, 0) is 0 Å². The summed E-state index contributed by atoms with van der Waals surface area (Å²) < 4.78 is 0.895. The first-order valence-electron chi connectivity index (χ1n) is 6.17. The molecule has 0 saturated carbocycles. The van der Waals surface area contributed by atoms with Crippen LogP contribution in [0.1, 0.15) is 50.9 Å². The Bertz CT molecular complexity index is 435. The number of benzene rings is 1. The second-order valence-corrected chi connectivity index (χ2v) is 7.44. The van der Waals surface area contributed by atoms with Gasteiger partial charge in [0.05, 0.1) is 5.02 Å². The summed E-state index contributed by atoms with van der Waals surface area (Å²) in [5.74, 6) is 0.501. The third kappa shape index (κ3) is 5.11. The Kier molecular flexibility index (Phi) is 5.42. The predicted octanol–water partition coefficient (Wildman–Crippen LogP) is 5.75. The van der Waals surface area contributed by atoms with Crippen molar-refractivity contribution in [2.45, 2.75) is 40.5 Å². The molecule has 0 spiro atoms. The average Bonchev–Trinajstić information content (AvgIpc) is 2.13. The van der Waals surface area contributed by atoms with E-state index in [0.29, 0.717) is 22.9 Å². The number of rotatable bonds is 4. The van der Waals surface area contributed by atoms with E-state index in [2.05, 4.69) is 43.6 Å². The Labute approximate surface area is 123 Å². The summed E-state index contributed by atoms with van der Waals surface area (Å²) in [5.41, 5.74) is 0.879. The SMILES string of the molecule is CC(CC(=O)c1ccc(Br)cc1Cl)CC(C)(C)C. The highest BCUT2D eigenvalue weighted by atomic mass is 79.9. The standard InChI is InChI=1S/C15H20BrClO/c1-10(9-15(2,3)4)7-14(18)12-6-5-11(16)8-13(12)17/h5-6,8,10H,7,9H2,1-4H3. The fourth-order valence-electron chi connectivity index (χ4n) is 2.26. The van der Waals surface area contributed by atoms with Gasteiger partial charge in [-0.2, -0.15) is 0 Å². The van der Waals surface area contributed by atoms with Gasteiger partial charge in [-0.3, -0.25) is 4.79 Å². The van der Waals surface area contributed by atoms with Gasteiger partial charge in [0.15, 0.2) is 5.78 Å². The van der Waals surface area contributed by atoms with Crippen molar-refractivity contribution in [2.24, 2.45) is 11.3 Å². The van der Waals surface area contributed by atoms with Crippen LogP contribution in [0.5, 0.6) is 0 Å². The van der Waals surface area contributed by atoms with E-state index in [1.165, 1.54) is 0 Å². The normalized spacial score (nSPS) is 13.4. The molecule has 0 fully saturated rings. The first-order valence-corrected chi connectivity index (χ1v) is 7.34. The average molecular weight is 332 g/mol. The summed E-state index contributed by atoms with van der Waals surface area (Å²) in [6.45, 7) is 8.71. The minimum absolute atomic E-state index is 0.129. The number of halogens is 2. The van der Waals surface area contributed by atoms with E-state index in [1.54, 1.807) is 12.1 Å². The molecule has 0 amide bonds. The predicted molar refractivity (Wildman–Crippen MR) is 81.3 cm³/mol. The monoisotopic (exact) mass is 330 g/mol. The molecular weight excluding hydrogens is 312 g/mol. The molecule has 0 aliphatic rings. The Balaban J connectivity index is 2.71. The summed E-state index contributed by atoms with van der Waals surface area (Å²) >= 11 is 9.43. The molecule has 100 valence electrons. The van der Waals surface area contributed by atoms with Gasteiger partial charge >= 0.3 is 0 Å². The van der Waals surface area contributed by atoms with Crippen LogP contribution in [0, 0.1) is 11.3 Å². The summed E-state index contributed by atoms with van der Waals surface area (Å²) in [6, 6.07) is 5.41. The Morgan fingerprint density at radius 2 is 2.00 bits per heavy atom. The van der Waals surface area contributed by atoms with Crippen LogP contribution >= 0.6 is 27.5 Å². The maximum Gasteiger partial charge on any atom is 0.164 e. The maximum absolute atomic E-state index is 12.2. The summed E-state index contributed by atoms with van der Waals surface area (Å²) in [7, 11) is 0. The molecule has 3 heteroatoms. The zero-order valence-corrected chi connectivity index (χ0v) is 13.7. The molecule has 0 bridgehead atoms. The quantitative estimate of drug-likeness (QED) is 0.642. The number of Topliss-reactive ketones (excluding diaryl/α,β-unsaturated/α-hetero) is 1. The number of carbonyl (C=O) groups is 1. The van der Waals surface area contributed by atoms with Crippen molar-refractivity contribution in [3.63, 3.8) is 0 Å². The highest BCUT2D eigenvalue weighted by molar-refractivity contribution is 9.10. The van der Waals surface area contributed by atoms with Crippen molar-refractivity contribution in [2.75, 3.05) is 0 Å². The third-order valence-corrected chi connectivity index (χ3v) is 3.53. The van der Waals surface area contributed by atoms with E-state index in [0.717, 1.165) is 10.9 Å². The van der Waals surface area contributed by atoms with Crippen molar-refractivity contribution in [3.05, 3.63) is 33.3 Å². The first kappa shape index (κ1) is 15.7. The topological polar surface area (TPSA) is 17.1 Å². The molecule has 0 N–H and O–H groups in total. The summed E-state index contributed by atoms with van der Waals surface area (Å²) in [6.07, 6.45) is 1.59. The van der Waals surface area contributed by atoms with Crippen LogP contribution in [0.15, 0.2) is 22.7 Å². The molecule has 0 saturated heterocycles. The van der Waals surface area contributed by atoms with E-state index < -0.39 is 0 Å². The molecule has 1 aromatic carbocycles. The molecule has 1 aromatic rings. The van der Waals surface area contributed by atoms with Gasteiger partial charge in [-0.15, -0.1) is 0 Å². The van der Waals surface area contributed by atoms with Gasteiger partial charge in [0.25, 0.3) is 0 Å². The molecule has 0 aromatic heterocycles. The Morgan fingerprint density at radius 1 is 1.39 bits per heavy atom. The highest BCUT2D eigenvalue weighted by Crippen LogP contribution is 2.28. The molecule has 1 unspecified atom stereocenters. The van der Waals surface area contributed by atoms with Gasteiger partial charge in [0.2, 0.25) is 0 Å². The van der Waals surface area contributed by atoms with E-state index >= 15 is 0 Å². The van der Waals surface area contributed by atoms with E-state index in [9.17, 15) is 4.79 Å². The molecule has 1 rings (SSSR count).